The fraction of sp³-hybridized carbons (Fsp3) is 0.500. The molecule has 0 unspecified atom stereocenters. The van der Waals surface area contributed by atoms with Gasteiger partial charge in [0, 0.05) is 25.6 Å². The van der Waals surface area contributed by atoms with Crippen LogP contribution in [-0.4, -0.2) is 45.5 Å². The van der Waals surface area contributed by atoms with Gasteiger partial charge in [-0.1, -0.05) is 31.0 Å². The van der Waals surface area contributed by atoms with Crippen LogP contribution in [0, 0.1) is 26.7 Å². The van der Waals surface area contributed by atoms with E-state index in [1.165, 1.54) is 5.56 Å². The zero-order valence-corrected chi connectivity index (χ0v) is 19.0. The Balaban J connectivity index is 1.58. The molecule has 1 N–H and O–H groups in total. The van der Waals surface area contributed by atoms with Crippen molar-refractivity contribution in [3.63, 3.8) is 0 Å². The number of piperidine rings is 1. The molecule has 1 amide bonds. The maximum Gasteiger partial charge on any atom is 0.223 e. The molecular formula is C24H32N6O. The number of rotatable bonds is 6. The van der Waals surface area contributed by atoms with Crippen LogP contribution >= 0.6 is 0 Å². The summed E-state index contributed by atoms with van der Waals surface area (Å²) in [5.74, 6) is 1.08. The third kappa shape index (κ3) is 4.27. The molecule has 7 nitrogen and oxygen atoms in total. The molecule has 3 heterocycles. The molecule has 0 saturated carbocycles. The minimum Gasteiger partial charge on any atom is -0.356 e. The topological polar surface area (TPSA) is 75.9 Å². The van der Waals surface area contributed by atoms with Crippen LogP contribution in [0.15, 0.2) is 24.3 Å². The van der Waals surface area contributed by atoms with Crippen molar-refractivity contribution < 1.29 is 4.79 Å². The Morgan fingerprint density at radius 3 is 2.48 bits per heavy atom. The molecule has 0 atom stereocenters. The molecule has 0 bridgehead atoms. The maximum absolute atomic E-state index is 12.4. The number of nitrogens with zero attached hydrogens (tertiary/aromatic N) is 5. The molecule has 7 heteroatoms. The third-order valence-corrected chi connectivity index (χ3v) is 6.26. The van der Waals surface area contributed by atoms with Gasteiger partial charge in [-0.25, -0.2) is 4.68 Å². The van der Waals surface area contributed by atoms with E-state index in [-0.39, 0.29) is 11.8 Å². The summed E-state index contributed by atoms with van der Waals surface area (Å²) in [6, 6.07) is 8.38. The van der Waals surface area contributed by atoms with Crippen LogP contribution in [0.3, 0.4) is 0 Å². The Morgan fingerprint density at radius 1 is 1.10 bits per heavy atom. The van der Waals surface area contributed by atoms with Gasteiger partial charge in [0.2, 0.25) is 5.91 Å². The van der Waals surface area contributed by atoms with Gasteiger partial charge in [-0.3, -0.25) is 4.79 Å². The predicted molar refractivity (Wildman–Crippen MR) is 124 cm³/mol. The second-order valence-corrected chi connectivity index (χ2v) is 8.57. The smallest absolute Gasteiger partial charge is 0.223 e. The van der Waals surface area contributed by atoms with Gasteiger partial charge in [-0.15, -0.1) is 5.10 Å². The first-order chi connectivity index (χ1) is 15.0. The highest BCUT2D eigenvalue weighted by Crippen LogP contribution is 2.31. The lowest BCUT2D eigenvalue weighted by Crippen LogP contribution is -2.41. The lowest BCUT2D eigenvalue weighted by Gasteiger charge is -2.32. The van der Waals surface area contributed by atoms with E-state index in [4.69, 9.17) is 5.10 Å². The highest BCUT2D eigenvalue weighted by molar-refractivity contribution is 5.92. The van der Waals surface area contributed by atoms with Crippen molar-refractivity contribution in [2.24, 2.45) is 5.92 Å². The number of fused-ring (bicyclic) bond motifs is 1. The van der Waals surface area contributed by atoms with Gasteiger partial charge in [0.1, 0.15) is 5.52 Å². The first kappa shape index (κ1) is 21.3. The van der Waals surface area contributed by atoms with Crippen molar-refractivity contribution in [3.05, 3.63) is 41.2 Å². The van der Waals surface area contributed by atoms with Gasteiger partial charge in [0.05, 0.1) is 22.5 Å². The van der Waals surface area contributed by atoms with Crippen LogP contribution in [0.4, 0.5) is 5.82 Å². The summed E-state index contributed by atoms with van der Waals surface area (Å²) in [7, 11) is 0. The van der Waals surface area contributed by atoms with Gasteiger partial charge in [0.15, 0.2) is 5.82 Å². The van der Waals surface area contributed by atoms with E-state index in [0.29, 0.717) is 0 Å². The van der Waals surface area contributed by atoms with Crippen LogP contribution < -0.4 is 10.2 Å². The van der Waals surface area contributed by atoms with Crippen LogP contribution in [0.2, 0.25) is 0 Å². The number of carbonyl (C=O) groups excluding carboxylic acids is 1. The molecular weight excluding hydrogens is 388 g/mol. The van der Waals surface area contributed by atoms with Crippen LogP contribution in [-0.2, 0) is 4.79 Å². The third-order valence-electron chi connectivity index (χ3n) is 6.26. The van der Waals surface area contributed by atoms with Crippen molar-refractivity contribution in [2.75, 3.05) is 24.5 Å². The average Bonchev–Trinajstić information content (AvgIpc) is 3.13. The van der Waals surface area contributed by atoms with Gasteiger partial charge >= 0.3 is 0 Å². The Hall–Kier alpha value is -2.96. The molecule has 3 aromatic rings. The number of aromatic nitrogens is 4. The quantitative estimate of drug-likeness (QED) is 0.613. The number of amides is 1. The van der Waals surface area contributed by atoms with E-state index in [0.717, 1.165) is 79.1 Å². The lowest BCUT2D eigenvalue weighted by molar-refractivity contribution is -0.125. The Kier molecular flexibility index (Phi) is 6.20. The van der Waals surface area contributed by atoms with Crippen molar-refractivity contribution in [3.8, 4) is 5.69 Å². The molecule has 0 spiro atoms. The maximum atomic E-state index is 12.4. The minimum absolute atomic E-state index is 0.0776. The van der Waals surface area contributed by atoms with E-state index in [1.54, 1.807) is 0 Å². The van der Waals surface area contributed by atoms with Crippen LogP contribution in [0.1, 0.15) is 49.6 Å². The van der Waals surface area contributed by atoms with Crippen molar-refractivity contribution in [2.45, 2.75) is 53.4 Å². The average molecular weight is 421 g/mol. The van der Waals surface area contributed by atoms with Gasteiger partial charge < -0.3 is 10.2 Å². The molecule has 1 saturated heterocycles. The molecule has 0 radical (unpaired) electrons. The summed E-state index contributed by atoms with van der Waals surface area (Å²) < 4.78 is 1.98. The molecule has 1 aliphatic heterocycles. The fourth-order valence-corrected chi connectivity index (χ4v) is 4.35. The second kappa shape index (κ2) is 9.04. The predicted octanol–water partition coefficient (Wildman–Crippen LogP) is 3.87. The van der Waals surface area contributed by atoms with E-state index in [1.807, 2.05) is 11.6 Å². The molecule has 164 valence electrons. The Morgan fingerprint density at radius 2 is 1.81 bits per heavy atom. The molecule has 1 aliphatic rings. The summed E-state index contributed by atoms with van der Waals surface area (Å²) >= 11 is 0. The molecule has 0 aliphatic carbocycles. The van der Waals surface area contributed by atoms with E-state index in [2.05, 4.69) is 65.5 Å². The highest BCUT2D eigenvalue weighted by atomic mass is 16.1. The fourth-order valence-electron chi connectivity index (χ4n) is 4.35. The highest BCUT2D eigenvalue weighted by Gasteiger charge is 2.28. The molecule has 4 rings (SSSR count). The van der Waals surface area contributed by atoms with Gasteiger partial charge in [-0.2, -0.15) is 10.2 Å². The number of benzene rings is 1. The summed E-state index contributed by atoms with van der Waals surface area (Å²) in [6.45, 7) is 10.6. The zero-order chi connectivity index (χ0) is 22.0. The SMILES string of the molecule is CCCCNC(=O)C1CCN(c2nnc(C)c3c(C)n(-c4ccc(C)cc4)nc23)CC1. The van der Waals surface area contributed by atoms with Gasteiger partial charge in [0.25, 0.3) is 0 Å². The van der Waals surface area contributed by atoms with Gasteiger partial charge in [-0.05, 0) is 52.2 Å². The van der Waals surface area contributed by atoms with Crippen molar-refractivity contribution in [1.82, 2.24) is 25.3 Å². The van der Waals surface area contributed by atoms with Crippen molar-refractivity contribution >= 4 is 22.6 Å². The lowest BCUT2D eigenvalue weighted by atomic mass is 9.95. The number of unbranched alkanes of at least 4 members (excludes halogenated alkanes) is 1. The molecule has 1 fully saturated rings. The number of anilines is 1. The number of carbonyl (C=O) groups is 1. The molecule has 31 heavy (non-hydrogen) atoms. The monoisotopic (exact) mass is 420 g/mol. The number of nitrogens with one attached hydrogen (secondary N) is 1. The van der Waals surface area contributed by atoms with E-state index < -0.39 is 0 Å². The Bertz CT molecular complexity index is 1060. The molecule has 1 aromatic carbocycles. The number of hydrogen-bond donors (Lipinski definition) is 1. The van der Waals surface area contributed by atoms with Crippen molar-refractivity contribution in [1.29, 1.82) is 0 Å². The minimum atomic E-state index is 0.0776. The van der Waals surface area contributed by atoms with E-state index in [9.17, 15) is 4.79 Å². The normalized spacial score (nSPS) is 14.9. The second-order valence-electron chi connectivity index (χ2n) is 8.57. The number of hydrogen-bond acceptors (Lipinski definition) is 5. The largest absolute Gasteiger partial charge is 0.356 e. The van der Waals surface area contributed by atoms with Crippen LogP contribution in [0.5, 0.6) is 0 Å². The summed E-state index contributed by atoms with van der Waals surface area (Å²) in [5.41, 5.74) is 5.10. The molecule has 2 aromatic heterocycles. The first-order valence-corrected chi connectivity index (χ1v) is 11.3. The number of aryl methyl sites for hydroxylation is 3. The standard InChI is InChI=1S/C24H32N6O/c1-5-6-13-25-24(31)19-11-14-29(15-12-19)23-22-21(17(3)26-27-23)18(4)30(28-22)20-9-7-16(2)8-10-20/h7-10,19H,5-6,11-15H2,1-4H3,(H,25,31). The summed E-state index contributed by atoms with van der Waals surface area (Å²) in [4.78, 5) is 14.7. The summed E-state index contributed by atoms with van der Waals surface area (Å²) in [5, 5.41) is 18.0. The summed E-state index contributed by atoms with van der Waals surface area (Å²) in [6.07, 6.45) is 3.78. The Labute approximate surface area is 183 Å². The van der Waals surface area contributed by atoms with Crippen LogP contribution in [0.25, 0.3) is 16.6 Å². The zero-order valence-electron chi connectivity index (χ0n) is 19.0. The van der Waals surface area contributed by atoms with E-state index >= 15 is 0 Å². The first-order valence-electron chi connectivity index (χ1n) is 11.3.